The van der Waals surface area contributed by atoms with E-state index in [1.54, 1.807) is 7.11 Å². The molecule has 0 N–H and O–H groups in total. The lowest BCUT2D eigenvalue weighted by molar-refractivity contribution is 0.386. The van der Waals surface area contributed by atoms with Gasteiger partial charge in [0.2, 0.25) is 11.7 Å². The first-order valence-corrected chi connectivity index (χ1v) is 5.09. The van der Waals surface area contributed by atoms with E-state index in [0.29, 0.717) is 17.5 Å². The lowest BCUT2D eigenvalue weighted by atomic mass is 10.1. The summed E-state index contributed by atoms with van der Waals surface area (Å²) in [6.07, 6.45) is 0.112. The van der Waals surface area contributed by atoms with E-state index < -0.39 is 0 Å². The molecule has 0 bridgehead atoms. The summed E-state index contributed by atoms with van der Waals surface area (Å²) in [7, 11) is 1.59. The number of ether oxygens (including phenoxy) is 1. The standard InChI is InChI=1S/C12H11N3O2/c1-8-3-4-9(10(7-8)16-2)12-14-11(5-6-13)17-15-12/h3-4,7H,5H2,1-2H3. The Morgan fingerprint density at radius 2 is 2.29 bits per heavy atom. The molecule has 0 amide bonds. The van der Waals surface area contributed by atoms with Crippen LogP contribution in [0.3, 0.4) is 0 Å². The number of nitriles is 1. The highest BCUT2D eigenvalue weighted by molar-refractivity contribution is 5.64. The van der Waals surface area contributed by atoms with Crippen LogP contribution in [0.4, 0.5) is 0 Å². The monoisotopic (exact) mass is 229 g/mol. The summed E-state index contributed by atoms with van der Waals surface area (Å²) in [5.74, 6) is 1.44. The maximum Gasteiger partial charge on any atom is 0.241 e. The van der Waals surface area contributed by atoms with Gasteiger partial charge in [0.05, 0.1) is 18.7 Å². The Morgan fingerprint density at radius 1 is 1.47 bits per heavy atom. The average Bonchev–Trinajstić information content (AvgIpc) is 2.78. The molecule has 0 atom stereocenters. The molecule has 0 fully saturated rings. The first kappa shape index (κ1) is 11.1. The van der Waals surface area contributed by atoms with Crippen LogP contribution in [0.15, 0.2) is 22.7 Å². The Balaban J connectivity index is 2.42. The predicted octanol–water partition coefficient (Wildman–Crippen LogP) is 2.12. The molecule has 1 aromatic heterocycles. The molecule has 0 aliphatic carbocycles. The van der Waals surface area contributed by atoms with E-state index in [9.17, 15) is 0 Å². The van der Waals surface area contributed by atoms with Crippen LogP contribution >= 0.6 is 0 Å². The van der Waals surface area contributed by atoms with E-state index in [-0.39, 0.29) is 6.42 Å². The highest BCUT2D eigenvalue weighted by Gasteiger charge is 2.12. The van der Waals surface area contributed by atoms with Crippen molar-refractivity contribution in [3.05, 3.63) is 29.7 Å². The van der Waals surface area contributed by atoms with Crippen LogP contribution in [0, 0.1) is 18.3 Å². The fourth-order valence-electron chi connectivity index (χ4n) is 1.49. The van der Waals surface area contributed by atoms with Crippen LogP contribution in [-0.2, 0) is 6.42 Å². The van der Waals surface area contributed by atoms with Crippen molar-refractivity contribution in [2.75, 3.05) is 7.11 Å². The molecule has 0 saturated carbocycles. The van der Waals surface area contributed by atoms with E-state index in [0.717, 1.165) is 11.1 Å². The molecule has 1 aromatic carbocycles. The van der Waals surface area contributed by atoms with E-state index in [1.807, 2.05) is 31.2 Å². The van der Waals surface area contributed by atoms with Gasteiger partial charge in [0.15, 0.2) is 0 Å². The Kier molecular flexibility index (Phi) is 3.06. The van der Waals surface area contributed by atoms with Crippen molar-refractivity contribution in [3.63, 3.8) is 0 Å². The maximum absolute atomic E-state index is 8.53. The summed E-state index contributed by atoms with van der Waals surface area (Å²) in [6.45, 7) is 1.98. The molecule has 0 saturated heterocycles. The number of benzene rings is 1. The van der Waals surface area contributed by atoms with Crippen molar-refractivity contribution < 1.29 is 9.26 Å². The van der Waals surface area contributed by atoms with Crippen LogP contribution in [0.1, 0.15) is 11.5 Å². The molecule has 0 unspecified atom stereocenters. The molecule has 86 valence electrons. The smallest absolute Gasteiger partial charge is 0.241 e. The number of hydrogen-bond donors (Lipinski definition) is 0. The van der Waals surface area contributed by atoms with Gasteiger partial charge in [-0.1, -0.05) is 11.2 Å². The number of hydrogen-bond acceptors (Lipinski definition) is 5. The van der Waals surface area contributed by atoms with Gasteiger partial charge in [-0.15, -0.1) is 0 Å². The number of rotatable bonds is 3. The van der Waals surface area contributed by atoms with Crippen molar-refractivity contribution in [1.82, 2.24) is 10.1 Å². The molecule has 0 radical (unpaired) electrons. The number of aryl methyl sites for hydroxylation is 1. The summed E-state index contributed by atoms with van der Waals surface area (Å²) >= 11 is 0. The van der Waals surface area contributed by atoms with Gasteiger partial charge in [-0.3, -0.25) is 0 Å². The first-order chi connectivity index (χ1) is 8.24. The van der Waals surface area contributed by atoms with E-state index in [1.165, 1.54) is 0 Å². The second-order valence-electron chi connectivity index (χ2n) is 3.55. The average molecular weight is 229 g/mol. The largest absolute Gasteiger partial charge is 0.496 e. The summed E-state index contributed by atoms with van der Waals surface area (Å²) < 4.78 is 10.2. The van der Waals surface area contributed by atoms with Gasteiger partial charge in [-0.25, -0.2) is 0 Å². The second-order valence-corrected chi connectivity index (χ2v) is 3.55. The molecule has 2 aromatic rings. The highest BCUT2D eigenvalue weighted by Crippen LogP contribution is 2.28. The fraction of sp³-hybridized carbons (Fsp3) is 0.250. The Labute approximate surface area is 98.6 Å². The zero-order valence-corrected chi connectivity index (χ0v) is 9.60. The Morgan fingerprint density at radius 3 is 3.00 bits per heavy atom. The number of aromatic nitrogens is 2. The quantitative estimate of drug-likeness (QED) is 0.806. The molecule has 0 spiro atoms. The molecule has 0 aliphatic rings. The summed E-state index contributed by atoms with van der Waals surface area (Å²) in [6, 6.07) is 7.67. The van der Waals surface area contributed by atoms with Crippen LogP contribution in [0.25, 0.3) is 11.4 Å². The maximum atomic E-state index is 8.53. The third-order valence-corrected chi connectivity index (χ3v) is 2.30. The van der Waals surface area contributed by atoms with Gasteiger partial charge < -0.3 is 9.26 Å². The molecule has 1 heterocycles. The van der Waals surface area contributed by atoms with Gasteiger partial charge >= 0.3 is 0 Å². The number of nitrogens with zero attached hydrogens (tertiary/aromatic N) is 3. The Bertz CT molecular complexity index is 569. The van der Waals surface area contributed by atoms with Gasteiger partial charge in [-0.2, -0.15) is 10.2 Å². The van der Waals surface area contributed by atoms with E-state index >= 15 is 0 Å². The molecule has 17 heavy (non-hydrogen) atoms. The lowest BCUT2D eigenvalue weighted by Crippen LogP contribution is -1.90. The molecular weight excluding hydrogens is 218 g/mol. The third kappa shape index (κ3) is 2.26. The van der Waals surface area contributed by atoms with Crippen LogP contribution in [0.2, 0.25) is 0 Å². The van der Waals surface area contributed by atoms with Gasteiger partial charge in [0.1, 0.15) is 12.2 Å². The minimum absolute atomic E-state index is 0.112. The van der Waals surface area contributed by atoms with Gasteiger partial charge in [-0.05, 0) is 24.6 Å². The summed E-state index contributed by atoms with van der Waals surface area (Å²) in [4.78, 5) is 4.13. The van der Waals surface area contributed by atoms with Gasteiger partial charge in [0.25, 0.3) is 0 Å². The van der Waals surface area contributed by atoms with Crippen molar-refractivity contribution in [1.29, 1.82) is 5.26 Å². The molecule has 5 heteroatoms. The highest BCUT2D eigenvalue weighted by atomic mass is 16.5. The van der Waals surface area contributed by atoms with Gasteiger partial charge in [0, 0.05) is 0 Å². The molecule has 5 nitrogen and oxygen atoms in total. The van der Waals surface area contributed by atoms with Crippen molar-refractivity contribution in [2.45, 2.75) is 13.3 Å². The SMILES string of the molecule is COc1cc(C)ccc1-c1noc(CC#N)n1. The number of methoxy groups -OCH3 is 1. The summed E-state index contributed by atoms with van der Waals surface area (Å²) in [5, 5.41) is 12.4. The summed E-state index contributed by atoms with van der Waals surface area (Å²) in [5.41, 5.74) is 1.84. The third-order valence-electron chi connectivity index (χ3n) is 2.30. The van der Waals surface area contributed by atoms with Crippen molar-refractivity contribution >= 4 is 0 Å². The van der Waals surface area contributed by atoms with Crippen molar-refractivity contribution in [2.24, 2.45) is 0 Å². The van der Waals surface area contributed by atoms with Crippen LogP contribution in [0.5, 0.6) is 5.75 Å². The predicted molar refractivity (Wildman–Crippen MR) is 60.3 cm³/mol. The normalized spacial score (nSPS) is 9.94. The molecule has 2 rings (SSSR count). The fourth-order valence-corrected chi connectivity index (χ4v) is 1.49. The zero-order chi connectivity index (χ0) is 12.3. The van der Waals surface area contributed by atoms with E-state index in [2.05, 4.69) is 10.1 Å². The van der Waals surface area contributed by atoms with E-state index in [4.69, 9.17) is 14.5 Å². The lowest BCUT2D eigenvalue weighted by Gasteiger charge is -2.05. The minimum atomic E-state index is 0.112. The minimum Gasteiger partial charge on any atom is -0.496 e. The Hall–Kier alpha value is -2.35. The second kappa shape index (κ2) is 4.66. The molecular formula is C12H11N3O2. The zero-order valence-electron chi connectivity index (χ0n) is 9.60. The molecule has 0 aliphatic heterocycles. The van der Waals surface area contributed by atoms with Crippen LogP contribution < -0.4 is 4.74 Å². The van der Waals surface area contributed by atoms with Crippen LogP contribution in [-0.4, -0.2) is 17.3 Å². The topological polar surface area (TPSA) is 71.9 Å². The first-order valence-electron chi connectivity index (χ1n) is 5.09. The van der Waals surface area contributed by atoms with Crippen molar-refractivity contribution in [3.8, 4) is 23.2 Å².